The molecule has 3 heterocycles. The molecule has 0 radical (unpaired) electrons. The van der Waals surface area contributed by atoms with Gasteiger partial charge in [-0.1, -0.05) is 12.1 Å². The lowest BCUT2D eigenvalue weighted by atomic mass is 10.0. The van der Waals surface area contributed by atoms with Crippen LogP contribution in [0.25, 0.3) is 0 Å². The number of hydrogen-bond acceptors (Lipinski definition) is 3. The lowest BCUT2D eigenvalue weighted by Gasteiger charge is -2.23. The summed E-state index contributed by atoms with van der Waals surface area (Å²) in [7, 11) is 0. The number of rotatable bonds is 4. The maximum Gasteiger partial charge on any atom is 0.123 e. The van der Waals surface area contributed by atoms with Gasteiger partial charge in [0, 0.05) is 45.9 Å². The minimum Gasteiger partial charge on any atom is -0.381 e. The Kier molecular flexibility index (Phi) is 4.16. The summed E-state index contributed by atoms with van der Waals surface area (Å²) in [6, 6.07) is 7.03. The average molecular weight is 304 g/mol. The minimum atomic E-state index is -0.123. The van der Waals surface area contributed by atoms with Crippen LogP contribution in [0.4, 0.5) is 4.39 Å². The number of nitrogens with zero attached hydrogens (tertiary/aromatic N) is 2. The summed E-state index contributed by atoms with van der Waals surface area (Å²) in [5, 5.41) is 0. The van der Waals surface area contributed by atoms with Crippen LogP contribution in [0.1, 0.15) is 12.0 Å². The van der Waals surface area contributed by atoms with Crippen molar-refractivity contribution in [1.29, 1.82) is 0 Å². The molecule has 4 heteroatoms. The first-order valence-corrected chi connectivity index (χ1v) is 8.53. The Balaban J connectivity index is 1.28. The van der Waals surface area contributed by atoms with E-state index in [1.165, 1.54) is 45.2 Å². The summed E-state index contributed by atoms with van der Waals surface area (Å²) < 4.78 is 18.8. The third-order valence-electron chi connectivity index (χ3n) is 5.47. The lowest BCUT2D eigenvalue weighted by Crippen LogP contribution is -2.32. The molecular weight excluding hydrogens is 279 g/mol. The maximum absolute atomic E-state index is 13.3. The number of hydrogen-bond donors (Lipinski definition) is 0. The van der Waals surface area contributed by atoms with E-state index < -0.39 is 0 Å². The van der Waals surface area contributed by atoms with Gasteiger partial charge in [-0.3, -0.25) is 4.90 Å². The number of ether oxygens (including phenoxy) is 1. The SMILES string of the molecule is Fc1cccc(CN2C[C@@H]3CN(C[C@H]4CCOC4)C[C@@H]3C2)c1. The summed E-state index contributed by atoms with van der Waals surface area (Å²) in [5.41, 5.74) is 1.10. The molecule has 3 fully saturated rings. The Morgan fingerprint density at radius 2 is 1.86 bits per heavy atom. The van der Waals surface area contributed by atoms with Gasteiger partial charge in [-0.2, -0.15) is 0 Å². The van der Waals surface area contributed by atoms with E-state index in [0.29, 0.717) is 0 Å². The molecule has 0 saturated carbocycles. The van der Waals surface area contributed by atoms with E-state index in [2.05, 4.69) is 9.80 Å². The van der Waals surface area contributed by atoms with E-state index in [9.17, 15) is 4.39 Å². The highest BCUT2D eigenvalue weighted by atomic mass is 19.1. The zero-order valence-corrected chi connectivity index (χ0v) is 13.1. The fraction of sp³-hybridized carbons (Fsp3) is 0.667. The van der Waals surface area contributed by atoms with Crippen molar-refractivity contribution < 1.29 is 9.13 Å². The Morgan fingerprint density at radius 3 is 2.55 bits per heavy atom. The van der Waals surface area contributed by atoms with Crippen molar-refractivity contribution in [3.8, 4) is 0 Å². The van der Waals surface area contributed by atoms with Gasteiger partial charge >= 0.3 is 0 Å². The van der Waals surface area contributed by atoms with Crippen LogP contribution in [0, 0.1) is 23.6 Å². The predicted octanol–water partition coefficient (Wildman–Crippen LogP) is 2.23. The van der Waals surface area contributed by atoms with Gasteiger partial charge in [-0.25, -0.2) is 4.39 Å². The van der Waals surface area contributed by atoms with Crippen molar-refractivity contribution in [1.82, 2.24) is 9.80 Å². The standard InChI is InChI=1S/C18H25FN2O/c19-18-3-1-2-14(6-18)7-20-9-16-11-21(12-17(16)10-20)8-15-4-5-22-13-15/h1-3,6,15-17H,4-5,7-13H2/t15-,16-,17+/m1/s1. The van der Waals surface area contributed by atoms with Gasteiger partial charge in [0.15, 0.2) is 0 Å². The summed E-state index contributed by atoms with van der Waals surface area (Å²) in [6.45, 7) is 8.82. The second kappa shape index (κ2) is 6.26. The zero-order chi connectivity index (χ0) is 14.9. The van der Waals surface area contributed by atoms with Crippen LogP contribution in [-0.2, 0) is 11.3 Å². The van der Waals surface area contributed by atoms with Gasteiger partial charge < -0.3 is 9.64 Å². The quantitative estimate of drug-likeness (QED) is 0.848. The molecule has 1 aromatic carbocycles. The van der Waals surface area contributed by atoms with Crippen LogP contribution in [0.5, 0.6) is 0 Å². The first kappa shape index (κ1) is 14.6. The zero-order valence-electron chi connectivity index (χ0n) is 13.1. The molecule has 3 atom stereocenters. The fourth-order valence-electron chi connectivity index (χ4n) is 4.45. The third kappa shape index (κ3) is 3.19. The third-order valence-corrected chi connectivity index (χ3v) is 5.47. The van der Waals surface area contributed by atoms with Crippen molar-refractivity contribution in [2.45, 2.75) is 13.0 Å². The largest absolute Gasteiger partial charge is 0.381 e. The second-order valence-electron chi connectivity index (χ2n) is 7.29. The van der Waals surface area contributed by atoms with Crippen molar-refractivity contribution in [2.24, 2.45) is 17.8 Å². The second-order valence-corrected chi connectivity index (χ2v) is 7.29. The predicted molar refractivity (Wildman–Crippen MR) is 84.0 cm³/mol. The molecule has 3 nitrogen and oxygen atoms in total. The molecule has 0 N–H and O–H groups in total. The Morgan fingerprint density at radius 1 is 1.09 bits per heavy atom. The van der Waals surface area contributed by atoms with Gasteiger partial charge in [0.2, 0.25) is 0 Å². The molecule has 4 rings (SSSR count). The molecule has 120 valence electrons. The molecule has 0 spiro atoms. The Bertz CT molecular complexity index is 504. The van der Waals surface area contributed by atoms with E-state index in [0.717, 1.165) is 43.1 Å². The van der Waals surface area contributed by atoms with E-state index in [-0.39, 0.29) is 5.82 Å². The fourth-order valence-corrected chi connectivity index (χ4v) is 4.45. The summed E-state index contributed by atoms with van der Waals surface area (Å²) in [4.78, 5) is 5.15. The minimum absolute atomic E-state index is 0.123. The summed E-state index contributed by atoms with van der Waals surface area (Å²) >= 11 is 0. The van der Waals surface area contributed by atoms with Crippen molar-refractivity contribution in [3.63, 3.8) is 0 Å². The lowest BCUT2D eigenvalue weighted by molar-refractivity contribution is 0.169. The van der Waals surface area contributed by atoms with Gasteiger partial charge in [-0.15, -0.1) is 0 Å². The topological polar surface area (TPSA) is 15.7 Å². The van der Waals surface area contributed by atoms with Crippen LogP contribution in [-0.4, -0.2) is 55.7 Å². The van der Waals surface area contributed by atoms with Crippen LogP contribution in [0.15, 0.2) is 24.3 Å². The Labute approximate surface area is 132 Å². The highest BCUT2D eigenvalue weighted by Crippen LogP contribution is 2.32. The number of halogens is 1. The molecular formula is C18H25FN2O. The summed E-state index contributed by atoms with van der Waals surface area (Å²) in [5.74, 6) is 2.23. The summed E-state index contributed by atoms with van der Waals surface area (Å²) in [6.07, 6.45) is 1.23. The number of likely N-dealkylation sites (tertiary alicyclic amines) is 2. The molecule has 0 amide bonds. The van der Waals surface area contributed by atoms with E-state index >= 15 is 0 Å². The van der Waals surface area contributed by atoms with Gasteiger partial charge in [0.1, 0.15) is 5.82 Å². The Hall–Kier alpha value is -0.970. The first-order chi connectivity index (χ1) is 10.8. The van der Waals surface area contributed by atoms with E-state index in [1.807, 2.05) is 12.1 Å². The van der Waals surface area contributed by atoms with Crippen LogP contribution in [0.3, 0.4) is 0 Å². The van der Waals surface area contributed by atoms with Crippen LogP contribution < -0.4 is 0 Å². The van der Waals surface area contributed by atoms with Crippen molar-refractivity contribution in [2.75, 3.05) is 45.9 Å². The molecule has 0 aliphatic carbocycles. The van der Waals surface area contributed by atoms with Crippen molar-refractivity contribution >= 4 is 0 Å². The van der Waals surface area contributed by atoms with Gasteiger partial charge in [-0.05, 0) is 41.9 Å². The van der Waals surface area contributed by atoms with E-state index in [4.69, 9.17) is 4.74 Å². The molecule has 3 aliphatic rings. The molecule has 0 unspecified atom stereocenters. The molecule has 0 aromatic heterocycles. The highest BCUT2D eigenvalue weighted by Gasteiger charge is 2.40. The molecule has 22 heavy (non-hydrogen) atoms. The number of benzene rings is 1. The maximum atomic E-state index is 13.3. The van der Waals surface area contributed by atoms with Crippen molar-refractivity contribution in [3.05, 3.63) is 35.6 Å². The monoisotopic (exact) mass is 304 g/mol. The molecule has 3 aliphatic heterocycles. The average Bonchev–Trinajstić information content (AvgIpc) is 3.16. The molecule has 0 bridgehead atoms. The van der Waals surface area contributed by atoms with Crippen LogP contribution in [0.2, 0.25) is 0 Å². The van der Waals surface area contributed by atoms with E-state index in [1.54, 1.807) is 6.07 Å². The van der Waals surface area contributed by atoms with Crippen LogP contribution >= 0.6 is 0 Å². The molecule has 3 saturated heterocycles. The van der Waals surface area contributed by atoms with Gasteiger partial charge in [0.25, 0.3) is 0 Å². The first-order valence-electron chi connectivity index (χ1n) is 8.53. The highest BCUT2D eigenvalue weighted by molar-refractivity contribution is 5.16. The smallest absolute Gasteiger partial charge is 0.123 e. The molecule has 1 aromatic rings. The normalized spacial score (nSPS) is 32.7. The number of fused-ring (bicyclic) bond motifs is 1. The van der Waals surface area contributed by atoms with Gasteiger partial charge in [0.05, 0.1) is 6.61 Å².